The van der Waals surface area contributed by atoms with Gasteiger partial charge in [0.25, 0.3) is 0 Å². The van der Waals surface area contributed by atoms with Crippen LogP contribution in [-0.2, 0) is 13.1 Å². The maximum absolute atomic E-state index is 4.98. The lowest BCUT2D eigenvalue weighted by Gasteiger charge is -2.19. The van der Waals surface area contributed by atoms with E-state index in [-0.39, 0.29) is 0 Å². The third kappa shape index (κ3) is 9.95. The van der Waals surface area contributed by atoms with Crippen molar-refractivity contribution >= 4 is 78.8 Å². The van der Waals surface area contributed by atoms with Crippen LogP contribution in [0, 0.1) is 0 Å². The van der Waals surface area contributed by atoms with Crippen molar-refractivity contribution in [2.24, 2.45) is 10.2 Å². The van der Waals surface area contributed by atoms with E-state index < -0.39 is 0 Å². The van der Waals surface area contributed by atoms with Gasteiger partial charge in [0.2, 0.25) is 0 Å². The van der Waals surface area contributed by atoms with E-state index in [1.807, 2.05) is 46.7 Å². The van der Waals surface area contributed by atoms with Crippen molar-refractivity contribution in [1.29, 1.82) is 0 Å². The molecule has 0 spiro atoms. The van der Waals surface area contributed by atoms with Crippen LogP contribution < -0.4 is 10.0 Å². The van der Waals surface area contributed by atoms with Crippen LogP contribution in [0.3, 0.4) is 0 Å². The lowest BCUT2D eigenvalue weighted by molar-refractivity contribution is 0.532. The normalized spacial score (nSPS) is 11.8. The quantitative estimate of drug-likeness (QED) is 0.0435. The molecule has 8 aromatic carbocycles. The van der Waals surface area contributed by atoms with E-state index in [0.717, 1.165) is 47.0 Å². The third-order valence-corrected chi connectivity index (χ3v) is 13.0. The van der Waals surface area contributed by atoms with Gasteiger partial charge in [-0.1, -0.05) is 166 Å². The molecule has 0 unspecified atom stereocenters. The van der Waals surface area contributed by atoms with Crippen LogP contribution in [0.15, 0.2) is 216 Å². The van der Waals surface area contributed by atoms with Crippen molar-refractivity contribution in [3.05, 3.63) is 217 Å². The predicted molar refractivity (Wildman–Crippen MR) is 286 cm³/mol. The molecular formula is C61H58N6. The SMILES string of the molecule is C(=NN(c1ccccc1)c1ccccc1)c1ccc2c(c1)c1ccccc1n2CCCCCCCCCCCn1c2ccccc2c2cc(C=NN(c3ccccc3)c3ccccc3)ccc21. The molecule has 10 rings (SSSR count). The summed E-state index contributed by atoms with van der Waals surface area (Å²) < 4.78 is 5.06. The third-order valence-electron chi connectivity index (χ3n) is 13.0. The molecule has 0 radical (unpaired) electrons. The minimum atomic E-state index is 1.03. The average Bonchev–Trinajstić information content (AvgIpc) is 3.88. The fourth-order valence-corrected chi connectivity index (χ4v) is 9.65. The molecule has 6 heteroatoms. The van der Waals surface area contributed by atoms with Crippen LogP contribution in [0.4, 0.5) is 22.7 Å². The van der Waals surface area contributed by atoms with Crippen molar-refractivity contribution in [3.63, 3.8) is 0 Å². The smallest absolute Gasteiger partial charge is 0.0652 e. The first-order chi connectivity index (χ1) is 33.3. The zero-order valence-corrected chi connectivity index (χ0v) is 38.2. The molecular weight excluding hydrogens is 817 g/mol. The molecule has 0 amide bonds. The van der Waals surface area contributed by atoms with E-state index in [4.69, 9.17) is 10.2 Å². The number of hydrazone groups is 2. The fourth-order valence-electron chi connectivity index (χ4n) is 9.65. The van der Waals surface area contributed by atoms with E-state index in [9.17, 15) is 0 Å². The summed E-state index contributed by atoms with van der Waals surface area (Å²) in [7, 11) is 0. The number of hydrogen-bond acceptors (Lipinski definition) is 4. The lowest BCUT2D eigenvalue weighted by Crippen LogP contribution is -2.09. The standard InChI is InChI=1S/C61H58N6/c1(2-4-6-24-42-64-58-36-22-20-34-54(58)56-44-48(38-40-60(56)64)46-62-66(50-26-12-8-13-27-50)51-28-14-9-15-29-51)3-5-7-25-43-65-59-37-23-21-35-55(59)57-45-49(39-41-61(57)65)47-63-67(52-30-16-10-17-31-52)53-32-18-11-19-33-53/h8-23,26-41,44-47H,1-7,24-25,42-43H2. The summed E-state index contributed by atoms with van der Waals surface area (Å²) in [6, 6.07) is 72.7. The Bertz CT molecular complexity index is 2930. The Labute approximate surface area is 394 Å². The molecule has 332 valence electrons. The zero-order chi connectivity index (χ0) is 45.0. The predicted octanol–water partition coefficient (Wildman–Crippen LogP) is 16.5. The molecule has 0 aliphatic heterocycles. The summed E-state index contributed by atoms with van der Waals surface area (Å²) in [6.07, 6.45) is 15.4. The molecule has 0 aliphatic carbocycles. The second-order valence-electron chi connectivity index (χ2n) is 17.5. The van der Waals surface area contributed by atoms with Gasteiger partial charge < -0.3 is 9.13 Å². The highest BCUT2D eigenvalue weighted by atomic mass is 15.5. The van der Waals surface area contributed by atoms with Crippen molar-refractivity contribution in [2.45, 2.75) is 70.9 Å². The van der Waals surface area contributed by atoms with Crippen LogP contribution >= 0.6 is 0 Å². The molecule has 0 fully saturated rings. The Morgan fingerprint density at radius 3 is 0.955 bits per heavy atom. The number of benzene rings is 8. The largest absolute Gasteiger partial charge is 0.340 e. The number of aromatic nitrogens is 2. The molecule has 0 atom stereocenters. The molecule has 0 saturated carbocycles. The van der Waals surface area contributed by atoms with Gasteiger partial charge in [-0.15, -0.1) is 0 Å². The van der Waals surface area contributed by atoms with E-state index >= 15 is 0 Å². The Morgan fingerprint density at radius 1 is 0.299 bits per heavy atom. The maximum atomic E-state index is 4.98. The number of nitrogens with zero attached hydrogens (tertiary/aromatic N) is 6. The molecule has 67 heavy (non-hydrogen) atoms. The second kappa shape index (κ2) is 21.1. The zero-order valence-electron chi connectivity index (χ0n) is 38.2. The summed E-state index contributed by atoms with van der Waals surface area (Å²) in [5.74, 6) is 0. The molecule has 10 aromatic rings. The van der Waals surface area contributed by atoms with Crippen LogP contribution in [-0.4, -0.2) is 21.6 Å². The van der Waals surface area contributed by atoms with Crippen molar-refractivity contribution in [3.8, 4) is 0 Å². The van der Waals surface area contributed by atoms with Gasteiger partial charge in [-0.2, -0.15) is 10.2 Å². The van der Waals surface area contributed by atoms with Gasteiger partial charge in [-0.25, -0.2) is 10.0 Å². The van der Waals surface area contributed by atoms with Gasteiger partial charge in [0, 0.05) is 56.7 Å². The number of para-hydroxylation sites is 6. The van der Waals surface area contributed by atoms with Crippen LogP contribution in [0.1, 0.15) is 68.9 Å². The average molecular weight is 875 g/mol. The molecule has 0 saturated heterocycles. The number of hydrogen-bond donors (Lipinski definition) is 0. The Hall–Kier alpha value is -7.70. The van der Waals surface area contributed by atoms with Crippen molar-refractivity contribution in [2.75, 3.05) is 10.0 Å². The van der Waals surface area contributed by atoms with Gasteiger partial charge in [-0.05, 0) is 109 Å². The monoisotopic (exact) mass is 874 g/mol. The summed E-state index contributed by atoms with van der Waals surface area (Å²) in [6.45, 7) is 2.07. The molecule has 2 heterocycles. The van der Waals surface area contributed by atoms with E-state index in [1.165, 1.54) is 101 Å². The van der Waals surface area contributed by atoms with Crippen molar-refractivity contribution in [1.82, 2.24) is 9.13 Å². The number of rotatable bonds is 20. The Balaban J connectivity index is 0.703. The summed E-state index contributed by atoms with van der Waals surface area (Å²) >= 11 is 0. The summed E-state index contributed by atoms with van der Waals surface area (Å²) in [4.78, 5) is 0. The summed E-state index contributed by atoms with van der Waals surface area (Å²) in [5, 5.41) is 19.2. The lowest BCUT2D eigenvalue weighted by atomic mass is 10.1. The van der Waals surface area contributed by atoms with Crippen LogP contribution in [0.2, 0.25) is 0 Å². The van der Waals surface area contributed by atoms with Crippen molar-refractivity contribution < 1.29 is 0 Å². The number of anilines is 4. The fraction of sp³-hybridized carbons (Fsp3) is 0.180. The molecule has 0 N–H and O–H groups in total. The topological polar surface area (TPSA) is 41.1 Å². The minimum Gasteiger partial charge on any atom is -0.340 e. The molecule has 0 bridgehead atoms. The number of fused-ring (bicyclic) bond motifs is 6. The Morgan fingerprint density at radius 2 is 0.597 bits per heavy atom. The highest BCUT2D eigenvalue weighted by Gasteiger charge is 2.14. The van der Waals surface area contributed by atoms with Gasteiger partial charge >= 0.3 is 0 Å². The first-order valence-corrected chi connectivity index (χ1v) is 24.2. The van der Waals surface area contributed by atoms with E-state index in [2.05, 4.69) is 191 Å². The number of unbranched alkanes of at least 4 members (excludes halogenated alkanes) is 8. The van der Waals surface area contributed by atoms with Gasteiger partial charge in [0.15, 0.2) is 0 Å². The first kappa shape index (κ1) is 43.2. The molecule has 0 aliphatic rings. The molecule has 6 nitrogen and oxygen atoms in total. The Kier molecular flexibility index (Phi) is 13.6. The summed E-state index contributed by atoms with van der Waals surface area (Å²) in [5.41, 5.74) is 11.5. The maximum Gasteiger partial charge on any atom is 0.0652 e. The van der Waals surface area contributed by atoms with Crippen LogP contribution in [0.5, 0.6) is 0 Å². The number of aryl methyl sites for hydroxylation is 2. The highest BCUT2D eigenvalue weighted by molar-refractivity contribution is 6.10. The minimum absolute atomic E-state index is 1.03. The second-order valence-corrected chi connectivity index (χ2v) is 17.5. The highest BCUT2D eigenvalue weighted by Crippen LogP contribution is 2.33. The molecule has 2 aromatic heterocycles. The van der Waals surface area contributed by atoms with Gasteiger partial charge in [0.05, 0.1) is 35.2 Å². The van der Waals surface area contributed by atoms with E-state index in [0.29, 0.717) is 0 Å². The van der Waals surface area contributed by atoms with Gasteiger partial charge in [-0.3, -0.25) is 0 Å². The first-order valence-electron chi connectivity index (χ1n) is 24.2. The van der Waals surface area contributed by atoms with Gasteiger partial charge in [0.1, 0.15) is 0 Å². The van der Waals surface area contributed by atoms with Crippen LogP contribution in [0.25, 0.3) is 43.6 Å². The van der Waals surface area contributed by atoms with E-state index in [1.54, 1.807) is 0 Å².